The molecule has 1 saturated carbocycles. The zero-order valence-electron chi connectivity index (χ0n) is 15.5. The molecule has 138 valence electrons. The van der Waals surface area contributed by atoms with Crippen LogP contribution in [0.5, 0.6) is 0 Å². The lowest BCUT2D eigenvalue weighted by Crippen LogP contribution is -2.51. The van der Waals surface area contributed by atoms with Gasteiger partial charge in [0.2, 0.25) is 5.91 Å². The van der Waals surface area contributed by atoms with Gasteiger partial charge >= 0.3 is 0 Å². The average Bonchev–Trinajstić information content (AvgIpc) is 3.15. The molecular weight excluding hydrogens is 316 g/mol. The van der Waals surface area contributed by atoms with Gasteiger partial charge < -0.3 is 14.5 Å². The highest BCUT2D eigenvalue weighted by Gasteiger charge is 2.36. The molecule has 3 rings (SSSR count). The number of hydrogen-bond donors (Lipinski definition) is 1. The van der Waals surface area contributed by atoms with E-state index in [0.29, 0.717) is 24.4 Å². The number of morpholine rings is 1. The van der Waals surface area contributed by atoms with E-state index in [-0.39, 0.29) is 5.91 Å². The van der Waals surface area contributed by atoms with Crippen LogP contribution in [0.1, 0.15) is 44.6 Å². The predicted molar refractivity (Wildman–Crippen MR) is 98.3 cm³/mol. The number of amides is 1. The van der Waals surface area contributed by atoms with Crippen LogP contribution in [0.4, 0.5) is 0 Å². The van der Waals surface area contributed by atoms with Gasteiger partial charge in [0.25, 0.3) is 0 Å². The summed E-state index contributed by atoms with van der Waals surface area (Å²) in [7, 11) is 0. The van der Waals surface area contributed by atoms with E-state index in [1.165, 1.54) is 6.42 Å². The summed E-state index contributed by atoms with van der Waals surface area (Å²) < 4.78 is 11.2. The van der Waals surface area contributed by atoms with Crippen LogP contribution in [0.25, 0.3) is 6.08 Å². The minimum absolute atomic E-state index is 0.0725. The van der Waals surface area contributed by atoms with E-state index in [1.54, 1.807) is 12.2 Å². The number of rotatable bonds is 7. The molecule has 1 aromatic rings. The quantitative estimate of drug-likeness (QED) is 0.772. The first kappa shape index (κ1) is 18.2. The molecule has 1 saturated heterocycles. The second-order valence-corrected chi connectivity index (χ2v) is 7.60. The van der Waals surface area contributed by atoms with Crippen molar-refractivity contribution in [2.75, 3.05) is 32.8 Å². The maximum atomic E-state index is 12.1. The minimum Gasteiger partial charge on any atom is -0.461 e. The van der Waals surface area contributed by atoms with E-state index in [9.17, 15) is 4.79 Å². The van der Waals surface area contributed by atoms with Crippen molar-refractivity contribution in [3.05, 3.63) is 29.7 Å². The van der Waals surface area contributed by atoms with Crippen molar-refractivity contribution in [1.29, 1.82) is 0 Å². The summed E-state index contributed by atoms with van der Waals surface area (Å²) in [5.41, 5.74) is 0. The normalized spacial score (nSPS) is 25.4. The highest BCUT2D eigenvalue weighted by atomic mass is 16.5. The number of hydrogen-bond acceptors (Lipinski definition) is 4. The molecule has 0 spiro atoms. The molecule has 0 radical (unpaired) electrons. The molecular formula is C20H30N2O3. The number of nitrogens with zero attached hydrogens (tertiary/aromatic N) is 1. The molecule has 1 aliphatic carbocycles. The molecule has 2 aliphatic rings. The van der Waals surface area contributed by atoms with Crippen molar-refractivity contribution in [2.45, 2.75) is 39.2 Å². The molecule has 25 heavy (non-hydrogen) atoms. The fraction of sp³-hybridized carbons (Fsp3) is 0.650. The zero-order chi connectivity index (χ0) is 17.8. The van der Waals surface area contributed by atoms with Crippen LogP contribution in [0.3, 0.4) is 0 Å². The fourth-order valence-electron chi connectivity index (χ4n) is 3.49. The van der Waals surface area contributed by atoms with Crippen molar-refractivity contribution < 1.29 is 13.9 Å². The minimum atomic E-state index is -0.0725. The van der Waals surface area contributed by atoms with E-state index in [0.717, 1.165) is 43.7 Å². The lowest BCUT2D eigenvalue weighted by Gasteiger charge is -2.36. The molecule has 2 heterocycles. The predicted octanol–water partition coefficient (Wildman–Crippen LogP) is 2.89. The van der Waals surface area contributed by atoms with Crippen molar-refractivity contribution in [3.63, 3.8) is 0 Å². The van der Waals surface area contributed by atoms with Gasteiger partial charge in [-0.3, -0.25) is 9.69 Å². The standard InChI is InChI=1S/C20H30N2O3/c1-14(2)18(22-8-10-24-11-9-22)13-21-20(23)7-5-16-4-6-19(25-16)17-12-15(17)3/h4-7,14-15,17-18H,8-13H2,1-3H3,(H,21,23). The number of nitrogens with one attached hydrogen (secondary N) is 1. The van der Waals surface area contributed by atoms with Crippen LogP contribution in [-0.4, -0.2) is 49.7 Å². The molecule has 3 atom stereocenters. The van der Waals surface area contributed by atoms with Gasteiger partial charge in [-0.2, -0.15) is 0 Å². The van der Waals surface area contributed by atoms with Crippen LogP contribution >= 0.6 is 0 Å². The van der Waals surface area contributed by atoms with Crippen LogP contribution in [0, 0.1) is 11.8 Å². The Kier molecular flexibility index (Phi) is 5.97. The highest BCUT2D eigenvalue weighted by molar-refractivity contribution is 5.91. The van der Waals surface area contributed by atoms with Crippen molar-refractivity contribution in [1.82, 2.24) is 10.2 Å². The highest BCUT2D eigenvalue weighted by Crippen LogP contribution is 2.47. The molecule has 5 heteroatoms. The van der Waals surface area contributed by atoms with Crippen molar-refractivity contribution >= 4 is 12.0 Å². The van der Waals surface area contributed by atoms with Crippen LogP contribution in [0.15, 0.2) is 22.6 Å². The van der Waals surface area contributed by atoms with E-state index < -0.39 is 0 Å². The van der Waals surface area contributed by atoms with Gasteiger partial charge in [0.15, 0.2) is 0 Å². The second-order valence-electron chi connectivity index (χ2n) is 7.60. The van der Waals surface area contributed by atoms with Crippen molar-refractivity contribution in [2.24, 2.45) is 11.8 Å². The molecule has 1 amide bonds. The van der Waals surface area contributed by atoms with Crippen LogP contribution in [0.2, 0.25) is 0 Å². The summed E-state index contributed by atoms with van der Waals surface area (Å²) in [6.45, 7) is 10.7. The fourth-order valence-corrected chi connectivity index (χ4v) is 3.49. The van der Waals surface area contributed by atoms with Gasteiger partial charge in [-0.25, -0.2) is 0 Å². The molecule has 1 N–H and O–H groups in total. The molecule has 0 aromatic carbocycles. The average molecular weight is 346 g/mol. The first-order valence-corrected chi connectivity index (χ1v) is 9.42. The Bertz CT molecular complexity index is 602. The Morgan fingerprint density at radius 2 is 2.08 bits per heavy atom. The summed E-state index contributed by atoms with van der Waals surface area (Å²) in [5.74, 6) is 3.49. The molecule has 1 aromatic heterocycles. The Labute approximate surface area is 150 Å². The summed E-state index contributed by atoms with van der Waals surface area (Å²) in [4.78, 5) is 14.6. The summed E-state index contributed by atoms with van der Waals surface area (Å²) in [5, 5.41) is 3.03. The van der Waals surface area contributed by atoms with E-state index in [1.807, 2.05) is 12.1 Å². The summed E-state index contributed by atoms with van der Waals surface area (Å²) >= 11 is 0. The Morgan fingerprint density at radius 3 is 2.72 bits per heavy atom. The topological polar surface area (TPSA) is 54.7 Å². The summed E-state index contributed by atoms with van der Waals surface area (Å²) in [6.07, 6.45) is 4.52. The number of carbonyl (C=O) groups is 1. The second kappa shape index (κ2) is 8.19. The largest absolute Gasteiger partial charge is 0.461 e. The van der Waals surface area contributed by atoms with Gasteiger partial charge in [0.05, 0.1) is 13.2 Å². The van der Waals surface area contributed by atoms with Crippen LogP contribution < -0.4 is 5.32 Å². The monoisotopic (exact) mass is 346 g/mol. The maximum absolute atomic E-state index is 12.1. The molecule has 1 aliphatic heterocycles. The lowest BCUT2D eigenvalue weighted by molar-refractivity contribution is -0.116. The van der Waals surface area contributed by atoms with Gasteiger partial charge in [0, 0.05) is 37.7 Å². The van der Waals surface area contributed by atoms with E-state index in [4.69, 9.17) is 9.15 Å². The van der Waals surface area contributed by atoms with Crippen molar-refractivity contribution in [3.8, 4) is 0 Å². The van der Waals surface area contributed by atoms with Gasteiger partial charge in [-0.1, -0.05) is 20.8 Å². The smallest absolute Gasteiger partial charge is 0.244 e. The molecule has 3 unspecified atom stereocenters. The first-order valence-electron chi connectivity index (χ1n) is 9.42. The number of ether oxygens (including phenoxy) is 1. The lowest BCUT2D eigenvalue weighted by atomic mass is 10.0. The maximum Gasteiger partial charge on any atom is 0.244 e. The third kappa shape index (κ3) is 4.95. The SMILES string of the molecule is CC(C)C(CNC(=O)C=Cc1ccc(C2CC2C)o1)N1CCOCC1. The first-order chi connectivity index (χ1) is 12.0. The molecule has 5 nitrogen and oxygen atoms in total. The third-order valence-corrected chi connectivity index (χ3v) is 5.29. The van der Waals surface area contributed by atoms with Gasteiger partial charge in [-0.05, 0) is 36.5 Å². The third-order valence-electron chi connectivity index (χ3n) is 5.29. The Hall–Kier alpha value is -1.59. The Balaban J connectivity index is 1.48. The zero-order valence-corrected chi connectivity index (χ0v) is 15.5. The van der Waals surface area contributed by atoms with Gasteiger partial charge in [-0.15, -0.1) is 0 Å². The van der Waals surface area contributed by atoms with E-state index >= 15 is 0 Å². The van der Waals surface area contributed by atoms with Gasteiger partial charge in [0.1, 0.15) is 11.5 Å². The van der Waals surface area contributed by atoms with E-state index in [2.05, 4.69) is 31.0 Å². The number of furan rings is 1. The molecule has 2 fully saturated rings. The number of carbonyl (C=O) groups excluding carboxylic acids is 1. The van der Waals surface area contributed by atoms with Crippen LogP contribution in [-0.2, 0) is 9.53 Å². The Morgan fingerprint density at radius 1 is 1.36 bits per heavy atom. The molecule has 0 bridgehead atoms. The summed E-state index contributed by atoms with van der Waals surface area (Å²) in [6, 6.07) is 4.31.